The van der Waals surface area contributed by atoms with Gasteiger partial charge in [-0.2, -0.15) is 4.31 Å². The Morgan fingerprint density at radius 1 is 1.39 bits per heavy atom. The van der Waals surface area contributed by atoms with Crippen LogP contribution < -0.4 is 5.56 Å². The maximum atomic E-state index is 12.2. The normalized spacial score (nSPS) is 19.0. The Hall–Kier alpha value is -0.890. The fourth-order valence-electron chi connectivity index (χ4n) is 1.82. The first-order valence-corrected chi connectivity index (χ1v) is 7.29. The van der Waals surface area contributed by atoms with Gasteiger partial charge in [-0.05, 0) is 18.9 Å². The highest BCUT2D eigenvalue weighted by Crippen LogP contribution is 2.20. The largest absolute Gasteiger partial charge is 0.393 e. The van der Waals surface area contributed by atoms with E-state index in [1.165, 1.54) is 4.31 Å². The third kappa shape index (κ3) is 2.59. The van der Waals surface area contributed by atoms with Gasteiger partial charge in [-0.15, -0.1) is 0 Å². The van der Waals surface area contributed by atoms with Crippen LogP contribution in [0.2, 0.25) is 5.02 Å². The highest BCUT2D eigenvalue weighted by molar-refractivity contribution is 7.89. The standard InChI is InChI=1S/C10H13ClN2O4S/c11-9-5-8(6-12-10(9)15)18(16,17)13-3-1-7(14)2-4-13/h5-7,14H,1-4H2,(H,12,15). The number of nitrogens with one attached hydrogen (secondary N) is 1. The lowest BCUT2D eigenvalue weighted by molar-refractivity contribution is 0.113. The van der Waals surface area contributed by atoms with E-state index in [-0.39, 0.29) is 23.0 Å². The molecule has 0 atom stereocenters. The Morgan fingerprint density at radius 2 is 2.00 bits per heavy atom. The molecule has 1 aliphatic rings. The predicted octanol–water partition coefficient (Wildman–Crippen LogP) is 0.174. The summed E-state index contributed by atoms with van der Waals surface area (Å²) in [6.07, 6.45) is 1.51. The maximum absolute atomic E-state index is 12.2. The molecule has 0 aromatic carbocycles. The topological polar surface area (TPSA) is 90.5 Å². The highest BCUT2D eigenvalue weighted by Gasteiger charge is 2.29. The van der Waals surface area contributed by atoms with E-state index in [2.05, 4.69) is 4.98 Å². The van der Waals surface area contributed by atoms with E-state index in [1.807, 2.05) is 0 Å². The van der Waals surface area contributed by atoms with Crippen LogP contribution in [-0.4, -0.2) is 42.0 Å². The van der Waals surface area contributed by atoms with E-state index in [0.29, 0.717) is 12.8 Å². The number of H-pyrrole nitrogens is 1. The Morgan fingerprint density at radius 3 is 2.56 bits per heavy atom. The molecule has 1 aliphatic heterocycles. The maximum Gasteiger partial charge on any atom is 0.266 e. The lowest BCUT2D eigenvalue weighted by Crippen LogP contribution is -2.40. The summed E-state index contributed by atoms with van der Waals surface area (Å²) in [7, 11) is -3.66. The van der Waals surface area contributed by atoms with Gasteiger partial charge in [0, 0.05) is 19.3 Å². The average Bonchev–Trinajstić information content (AvgIpc) is 2.33. The Labute approximate surface area is 109 Å². The van der Waals surface area contributed by atoms with Crippen molar-refractivity contribution in [3.05, 3.63) is 27.6 Å². The van der Waals surface area contributed by atoms with Crippen molar-refractivity contribution < 1.29 is 13.5 Å². The van der Waals surface area contributed by atoms with Crippen LogP contribution in [0, 0.1) is 0 Å². The van der Waals surface area contributed by atoms with Gasteiger partial charge in [-0.25, -0.2) is 8.42 Å². The summed E-state index contributed by atoms with van der Waals surface area (Å²) in [4.78, 5) is 13.3. The van der Waals surface area contributed by atoms with E-state index < -0.39 is 21.7 Å². The van der Waals surface area contributed by atoms with Crippen molar-refractivity contribution >= 4 is 21.6 Å². The number of halogens is 1. The summed E-state index contributed by atoms with van der Waals surface area (Å²) >= 11 is 5.62. The van der Waals surface area contributed by atoms with Crippen molar-refractivity contribution in [3.8, 4) is 0 Å². The molecule has 0 aliphatic carbocycles. The smallest absolute Gasteiger partial charge is 0.266 e. The van der Waals surface area contributed by atoms with E-state index in [0.717, 1.165) is 12.3 Å². The fourth-order valence-corrected chi connectivity index (χ4v) is 3.52. The first-order chi connectivity index (χ1) is 8.41. The molecule has 2 N–H and O–H groups in total. The summed E-state index contributed by atoms with van der Waals surface area (Å²) in [6.45, 7) is 0.528. The highest BCUT2D eigenvalue weighted by atomic mass is 35.5. The predicted molar refractivity (Wildman–Crippen MR) is 66.1 cm³/mol. The van der Waals surface area contributed by atoms with Gasteiger partial charge >= 0.3 is 0 Å². The number of hydrogen-bond acceptors (Lipinski definition) is 4. The van der Waals surface area contributed by atoms with Gasteiger partial charge in [0.2, 0.25) is 10.0 Å². The number of aliphatic hydroxyl groups excluding tert-OH is 1. The van der Waals surface area contributed by atoms with Crippen molar-refractivity contribution in [2.45, 2.75) is 23.8 Å². The quantitative estimate of drug-likeness (QED) is 0.813. The Bertz CT molecular complexity index is 590. The van der Waals surface area contributed by atoms with Gasteiger partial charge in [-0.3, -0.25) is 4.79 Å². The second-order valence-corrected chi connectivity index (χ2v) is 6.49. The summed E-state index contributed by atoms with van der Waals surface area (Å²) in [5.74, 6) is 0. The number of pyridine rings is 1. The number of aromatic amines is 1. The number of piperidine rings is 1. The van der Waals surface area contributed by atoms with Crippen molar-refractivity contribution in [1.82, 2.24) is 9.29 Å². The molecule has 0 radical (unpaired) electrons. The van der Waals surface area contributed by atoms with Crippen molar-refractivity contribution in [1.29, 1.82) is 0 Å². The molecule has 0 saturated carbocycles. The van der Waals surface area contributed by atoms with E-state index in [1.54, 1.807) is 0 Å². The molecule has 2 heterocycles. The summed E-state index contributed by atoms with van der Waals surface area (Å²) in [6, 6.07) is 1.14. The molecule has 0 unspecified atom stereocenters. The minimum atomic E-state index is -3.66. The van der Waals surface area contributed by atoms with Crippen LogP contribution in [0.5, 0.6) is 0 Å². The van der Waals surface area contributed by atoms with Crippen LogP contribution in [0.4, 0.5) is 0 Å². The number of aromatic nitrogens is 1. The van der Waals surface area contributed by atoms with E-state index in [9.17, 15) is 18.3 Å². The number of hydrogen-bond donors (Lipinski definition) is 2. The molecule has 1 saturated heterocycles. The lowest BCUT2D eigenvalue weighted by Gasteiger charge is -2.28. The zero-order valence-corrected chi connectivity index (χ0v) is 11.0. The zero-order valence-electron chi connectivity index (χ0n) is 9.47. The van der Waals surface area contributed by atoms with Gasteiger partial charge in [-0.1, -0.05) is 11.6 Å². The van der Waals surface area contributed by atoms with Crippen LogP contribution in [0.3, 0.4) is 0 Å². The molecule has 1 aromatic rings. The lowest BCUT2D eigenvalue weighted by atomic mass is 10.1. The van der Waals surface area contributed by atoms with Crippen LogP contribution in [0.1, 0.15) is 12.8 Å². The summed E-state index contributed by atoms with van der Waals surface area (Å²) < 4.78 is 25.7. The molecule has 0 spiro atoms. The number of nitrogens with zero attached hydrogens (tertiary/aromatic N) is 1. The zero-order chi connectivity index (χ0) is 13.3. The summed E-state index contributed by atoms with van der Waals surface area (Å²) in [5, 5.41) is 9.19. The summed E-state index contributed by atoms with van der Waals surface area (Å²) in [5.41, 5.74) is -0.523. The van der Waals surface area contributed by atoms with Gasteiger partial charge in [0.05, 0.1) is 11.0 Å². The van der Waals surface area contributed by atoms with Crippen LogP contribution in [0.25, 0.3) is 0 Å². The minimum absolute atomic E-state index is 0.0384. The Kier molecular flexibility index (Phi) is 3.76. The van der Waals surface area contributed by atoms with Gasteiger partial charge in [0.1, 0.15) is 5.02 Å². The molecule has 6 nitrogen and oxygen atoms in total. The third-order valence-corrected chi connectivity index (χ3v) is 5.05. The van der Waals surface area contributed by atoms with Crippen LogP contribution >= 0.6 is 11.6 Å². The average molecular weight is 293 g/mol. The molecular formula is C10H13ClN2O4S. The third-order valence-electron chi connectivity index (χ3n) is 2.89. The number of sulfonamides is 1. The molecule has 18 heavy (non-hydrogen) atoms. The minimum Gasteiger partial charge on any atom is -0.393 e. The van der Waals surface area contributed by atoms with E-state index >= 15 is 0 Å². The van der Waals surface area contributed by atoms with Crippen molar-refractivity contribution in [2.75, 3.05) is 13.1 Å². The van der Waals surface area contributed by atoms with Gasteiger partial charge in [0.25, 0.3) is 5.56 Å². The molecule has 8 heteroatoms. The van der Waals surface area contributed by atoms with Crippen molar-refractivity contribution in [2.24, 2.45) is 0 Å². The second-order valence-electron chi connectivity index (χ2n) is 4.15. The molecule has 0 amide bonds. The SMILES string of the molecule is O=c1[nH]cc(S(=O)(=O)N2CCC(O)CC2)cc1Cl. The number of aliphatic hydroxyl groups is 1. The monoisotopic (exact) mass is 292 g/mol. The van der Waals surface area contributed by atoms with Crippen molar-refractivity contribution in [3.63, 3.8) is 0 Å². The van der Waals surface area contributed by atoms with Gasteiger partial charge in [0.15, 0.2) is 0 Å². The molecular weight excluding hydrogens is 280 g/mol. The van der Waals surface area contributed by atoms with Crippen LogP contribution in [0.15, 0.2) is 22.0 Å². The molecule has 1 aromatic heterocycles. The molecule has 2 rings (SSSR count). The van der Waals surface area contributed by atoms with Crippen LogP contribution in [-0.2, 0) is 10.0 Å². The number of rotatable bonds is 2. The second kappa shape index (κ2) is 5.00. The molecule has 0 bridgehead atoms. The Balaban J connectivity index is 2.30. The molecule has 100 valence electrons. The van der Waals surface area contributed by atoms with E-state index in [4.69, 9.17) is 11.6 Å². The first kappa shape index (κ1) is 13.5. The first-order valence-electron chi connectivity index (χ1n) is 5.47. The fraction of sp³-hybridized carbons (Fsp3) is 0.500. The molecule has 1 fully saturated rings. The van der Waals surface area contributed by atoms with Gasteiger partial charge < -0.3 is 10.1 Å².